The standard InChI is InChI=1S/C11H15NOS/c1-2-3-4-9-5-7-10(8-6-9)13-11(12)14/h5-8H,2-4H2,1H3,(H2,12,14). The highest BCUT2D eigenvalue weighted by atomic mass is 32.1. The lowest BCUT2D eigenvalue weighted by Crippen LogP contribution is -2.15. The van der Waals surface area contributed by atoms with Crippen LogP contribution in [0, 0.1) is 0 Å². The number of nitrogens with two attached hydrogens (primary N) is 1. The quantitative estimate of drug-likeness (QED) is 0.774. The molecule has 1 rings (SSSR count). The van der Waals surface area contributed by atoms with E-state index in [-0.39, 0.29) is 5.17 Å². The first-order valence-electron chi connectivity index (χ1n) is 4.78. The van der Waals surface area contributed by atoms with Crippen LogP contribution in [-0.4, -0.2) is 5.17 Å². The Bertz CT molecular complexity index is 295. The molecule has 3 heteroatoms. The lowest BCUT2D eigenvalue weighted by Gasteiger charge is -2.04. The summed E-state index contributed by atoms with van der Waals surface area (Å²) in [5.74, 6) is 0.706. The zero-order valence-corrected chi connectivity index (χ0v) is 9.14. The Labute approximate surface area is 90.1 Å². The number of thiocarbonyl (C=S) groups is 1. The highest BCUT2D eigenvalue weighted by Crippen LogP contribution is 2.13. The van der Waals surface area contributed by atoms with E-state index in [0.717, 1.165) is 6.42 Å². The predicted octanol–water partition coefficient (Wildman–Crippen LogP) is 2.65. The molecule has 1 aromatic rings. The SMILES string of the molecule is CCCCc1ccc(OC(N)=S)cc1. The Balaban J connectivity index is 2.54. The van der Waals surface area contributed by atoms with E-state index in [1.165, 1.54) is 18.4 Å². The fourth-order valence-electron chi connectivity index (χ4n) is 1.22. The number of ether oxygens (including phenoxy) is 1. The van der Waals surface area contributed by atoms with Crippen molar-refractivity contribution in [2.75, 3.05) is 0 Å². The maximum Gasteiger partial charge on any atom is 0.259 e. The van der Waals surface area contributed by atoms with E-state index >= 15 is 0 Å². The van der Waals surface area contributed by atoms with E-state index in [1.807, 2.05) is 24.3 Å². The van der Waals surface area contributed by atoms with Gasteiger partial charge in [-0.1, -0.05) is 25.5 Å². The van der Waals surface area contributed by atoms with Gasteiger partial charge in [0, 0.05) is 0 Å². The van der Waals surface area contributed by atoms with Gasteiger partial charge in [0.05, 0.1) is 0 Å². The Kier molecular flexibility index (Phi) is 4.40. The topological polar surface area (TPSA) is 35.2 Å². The van der Waals surface area contributed by atoms with Crippen LogP contribution in [-0.2, 0) is 6.42 Å². The number of benzene rings is 1. The monoisotopic (exact) mass is 209 g/mol. The molecule has 1 aromatic carbocycles. The first-order valence-corrected chi connectivity index (χ1v) is 5.19. The lowest BCUT2D eigenvalue weighted by atomic mass is 10.1. The third-order valence-corrected chi connectivity index (χ3v) is 2.04. The molecular formula is C11H15NOS. The molecule has 0 aliphatic heterocycles. The van der Waals surface area contributed by atoms with Gasteiger partial charge in [-0.05, 0) is 42.8 Å². The van der Waals surface area contributed by atoms with Crippen LogP contribution in [0.4, 0.5) is 0 Å². The van der Waals surface area contributed by atoms with Gasteiger partial charge in [-0.25, -0.2) is 0 Å². The second-order valence-electron chi connectivity index (χ2n) is 3.17. The minimum atomic E-state index is 0.0614. The van der Waals surface area contributed by atoms with E-state index in [0.29, 0.717) is 5.75 Å². The van der Waals surface area contributed by atoms with Crippen LogP contribution in [0.2, 0.25) is 0 Å². The molecule has 0 aliphatic carbocycles. The molecule has 2 nitrogen and oxygen atoms in total. The third-order valence-electron chi connectivity index (χ3n) is 1.96. The summed E-state index contributed by atoms with van der Waals surface area (Å²) in [6.07, 6.45) is 3.55. The summed E-state index contributed by atoms with van der Waals surface area (Å²) in [6, 6.07) is 7.88. The molecule has 0 unspecified atom stereocenters. The van der Waals surface area contributed by atoms with Crippen molar-refractivity contribution in [3.8, 4) is 5.75 Å². The Morgan fingerprint density at radius 3 is 2.50 bits per heavy atom. The summed E-state index contributed by atoms with van der Waals surface area (Å²) in [4.78, 5) is 0. The second kappa shape index (κ2) is 5.60. The molecule has 0 atom stereocenters. The molecule has 14 heavy (non-hydrogen) atoms. The van der Waals surface area contributed by atoms with Crippen molar-refractivity contribution < 1.29 is 4.74 Å². The Hall–Kier alpha value is -1.09. The number of rotatable bonds is 4. The van der Waals surface area contributed by atoms with Crippen LogP contribution >= 0.6 is 12.2 Å². The van der Waals surface area contributed by atoms with Crippen molar-refractivity contribution in [1.29, 1.82) is 0 Å². The number of unbranched alkanes of at least 4 members (excludes halogenated alkanes) is 1. The molecule has 0 aliphatic rings. The maximum atomic E-state index is 5.25. The molecule has 0 spiro atoms. The maximum absolute atomic E-state index is 5.25. The van der Waals surface area contributed by atoms with Gasteiger partial charge in [0.25, 0.3) is 5.17 Å². The molecular weight excluding hydrogens is 194 g/mol. The van der Waals surface area contributed by atoms with Crippen LogP contribution in [0.15, 0.2) is 24.3 Å². The molecule has 0 saturated heterocycles. The van der Waals surface area contributed by atoms with Crippen molar-refractivity contribution in [2.45, 2.75) is 26.2 Å². The summed E-state index contributed by atoms with van der Waals surface area (Å²) in [7, 11) is 0. The van der Waals surface area contributed by atoms with Crippen molar-refractivity contribution in [3.63, 3.8) is 0 Å². The normalized spacial score (nSPS) is 9.79. The van der Waals surface area contributed by atoms with E-state index in [4.69, 9.17) is 10.5 Å². The van der Waals surface area contributed by atoms with Gasteiger partial charge >= 0.3 is 0 Å². The Morgan fingerprint density at radius 2 is 2.00 bits per heavy atom. The molecule has 0 aromatic heterocycles. The largest absolute Gasteiger partial charge is 0.432 e. The van der Waals surface area contributed by atoms with Crippen LogP contribution in [0.25, 0.3) is 0 Å². The van der Waals surface area contributed by atoms with Crippen molar-refractivity contribution in [3.05, 3.63) is 29.8 Å². The first-order chi connectivity index (χ1) is 6.72. The predicted molar refractivity (Wildman–Crippen MR) is 62.5 cm³/mol. The van der Waals surface area contributed by atoms with Crippen LogP contribution < -0.4 is 10.5 Å². The second-order valence-corrected chi connectivity index (χ2v) is 3.57. The smallest absolute Gasteiger partial charge is 0.259 e. The van der Waals surface area contributed by atoms with Gasteiger partial charge < -0.3 is 10.5 Å². The summed E-state index contributed by atoms with van der Waals surface area (Å²) in [5, 5.41) is 0.0614. The summed E-state index contributed by atoms with van der Waals surface area (Å²) < 4.78 is 5.08. The third kappa shape index (κ3) is 3.75. The van der Waals surface area contributed by atoms with Crippen molar-refractivity contribution in [2.24, 2.45) is 5.73 Å². The first kappa shape index (κ1) is 11.0. The van der Waals surface area contributed by atoms with Gasteiger partial charge in [-0.3, -0.25) is 0 Å². The van der Waals surface area contributed by atoms with Gasteiger partial charge in [0.15, 0.2) is 0 Å². The molecule has 0 fully saturated rings. The summed E-state index contributed by atoms with van der Waals surface area (Å²) >= 11 is 4.64. The molecule has 0 radical (unpaired) electrons. The van der Waals surface area contributed by atoms with E-state index in [1.54, 1.807) is 0 Å². The Morgan fingerprint density at radius 1 is 1.36 bits per heavy atom. The van der Waals surface area contributed by atoms with Crippen molar-refractivity contribution in [1.82, 2.24) is 0 Å². The number of hydrogen-bond acceptors (Lipinski definition) is 2. The van der Waals surface area contributed by atoms with Gasteiger partial charge in [-0.15, -0.1) is 0 Å². The fourth-order valence-corrected chi connectivity index (χ4v) is 1.32. The zero-order valence-electron chi connectivity index (χ0n) is 8.32. The highest BCUT2D eigenvalue weighted by molar-refractivity contribution is 7.80. The number of aryl methyl sites for hydroxylation is 1. The van der Waals surface area contributed by atoms with Gasteiger partial charge in [-0.2, -0.15) is 0 Å². The minimum absolute atomic E-state index is 0.0614. The molecule has 0 heterocycles. The van der Waals surface area contributed by atoms with Crippen LogP contribution in [0.5, 0.6) is 5.75 Å². The lowest BCUT2D eigenvalue weighted by molar-refractivity contribution is 0.557. The molecule has 0 amide bonds. The molecule has 2 N–H and O–H groups in total. The molecule has 0 bridgehead atoms. The molecule has 0 saturated carbocycles. The summed E-state index contributed by atoms with van der Waals surface area (Å²) in [5.41, 5.74) is 6.57. The zero-order chi connectivity index (χ0) is 10.4. The van der Waals surface area contributed by atoms with E-state index in [2.05, 4.69) is 19.1 Å². The average Bonchev–Trinajstić information content (AvgIpc) is 2.16. The van der Waals surface area contributed by atoms with Gasteiger partial charge in [0.2, 0.25) is 0 Å². The van der Waals surface area contributed by atoms with Gasteiger partial charge in [0.1, 0.15) is 5.75 Å². The van der Waals surface area contributed by atoms with E-state index < -0.39 is 0 Å². The molecule has 76 valence electrons. The van der Waals surface area contributed by atoms with Crippen LogP contribution in [0.3, 0.4) is 0 Å². The minimum Gasteiger partial charge on any atom is -0.432 e. The van der Waals surface area contributed by atoms with E-state index in [9.17, 15) is 0 Å². The fraction of sp³-hybridized carbons (Fsp3) is 0.364. The highest BCUT2D eigenvalue weighted by Gasteiger charge is 1.96. The van der Waals surface area contributed by atoms with Crippen molar-refractivity contribution >= 4 is 17.4 Å². The summed E-state index contributed by atoms with van der Waals surface area (Å²) in [6.45, 7) is 2.18. The average molecular weight is 209 g/mol. The number of hydrogen-bond donors (Lipinski definition) is 1. The van der Waals surface area contributed by atoms with Crippen LogP contribution in [0.1, 0.15) is 25.3 Å².